The quantitative estimate of drug-likeness (QED) is 0.751. The monoisotopic (exact) mass is 292 g/mol. The van der Waals surface area contributed by atoms with E-state index < -0.39 is 0 Å². The number of aromatic nitrogens is 4. The van der Waals surface area contributed by atoms with Crippen LogP contribution in [-0.2, 0) is 20.0 Å². The average Bonchev–Trinajstić information content (AvgIpc) is 3.00. The number of nitrogens with one attached hydrogen (secondary N) is 1. The molecular formula is C13H16N4S2. The van der Waals surface area contributed by atoms with Gasteiger partial charge in [0.2, 0.25) is 0 Å². The Kier molecular flexibility index (Phi) is 3.06. The minimum Gasteiger partial charge on any atom is -0.328 e. The molecule has 0 aliphatic rings. The van der Waals surface area contributed by atoms with Crippen LogP contribution in [0.1, 0.15) is 23.7 Å². The summed E-state index contributed by atoms with van der Waals surface area (Å²) in [6.45, 7) is 5.05. The molecular weight excluding hydrogens is 276 g/mol. The highest BCUT2D eigenvalue weighted by Gasteiger charge is 2.14. The van der Waals surface area contributed by atoms with E-state index in [1.807, 2.05) is 11.7 Å². The maximum absolute atomic E-state index is 5.46. The Morgan fingerprint density at radius 3 is 2.84 bits per heavy atom. The van der Waals surface area contributed by atoms with Crippen LogP contribution in [0.15, 0.2) is 10.8 Å². The highest BCUT2D eigenvalue weighted by molar-refractivity contribution is 7.71. The molecule has 3 rings (SSSR count). The third-order valence-electron chi connectivity index (χ3n) is 3.45. The number of rotatable bonds is 3. The normalized spacial score (nSPS) is 11.5. The molecule has 3 aromatic rings. The smallest absolute Gasteiger partial charge is 0.179 e. The van der Waals surface area contributed by atoms with Crippen LogP contribution in [0.25, 0.3) is 11.2 Å². The maximum atomic E-state index is 5.46. The first kappa shape index (κ1) is 12.6. The van der Waals surface area contributed by atoms with Gasteiger partial charge in [0.05, 0.1) is 12.2 Å². The van der Waals surface area contributed by atoms with Crippen molar-refractivity contribution < 1.29 is 0 Å². The van der Waals surface area contributed by atoms with Gasteiger partial charge in [-0.05, 0) is 47.4 Å². The molecule has 0 spiro atoms. The molecule has 0 unspecified atom stereocenters. The lowest BCUT2D eigenvalue weighted by Crippen LogP contribution is -2.04. The molecule has 6 heteroatoms. The van der Waals surface area contributed by atoms with Gasteiger partial charge < -0.3 is 4.98 Å². The Bertz CT molecular complexity index is 787. The Balaban J connectivity index is 2.18. The molecule has 0 radical (unpaired) electrons. The van der Waals surface area contributed by atoms with E-state index in [4.69, 9.17) is 12.2 Å². The van der Waals surface area contributed by atoms with E-state index in [1.165, 1.54) is 11.1 Å². The highest BCUT2D eigenvalue weighted by atomic mass is 32.1. The highest BCUT2D eigenvalue weighted by Crippen LogP contribution is 2.21. The summed E-state index contributed by atoms with van der Waals surface area (Å²) in [5, 5.41) is 8.90. The number of nitrogens with zero attached hydrogens (tertiary/aromatic N) is 3. The fourth-order valence-electron chi connectivity index (χ4n) is 2.39. The van der Waals surface area contributed by atoms with Crippen molar-refractivity contribution in [2.45, 2.75) is 26.8 Å². The molecule has 4 nitrogen and oxygen atoms in total. The standard InChI is InChI=1S/C13H16N4S2/c1-4-10-11-12(16(3)15-10)17(13(18)14-11)5-9-7-19-6-8(9)2/h6-7H,4-5H2,1-3H3,(H,14,18). The average molecular weight is 292 g/mol. The maximum Gasteiger partial charge on any atom is 0.179 e. The second-order valence-corrected chi connectivity index (χ2v) is 5.85. The molecule has 100 valence electrons. The van der Waals surface area contributed by atoms with Gasteiger partial charge in [0.25, 0.3) is 0 Å². The van der Waals surface area contributed by atoms with Gasteiger partial charge in [-0.2, -0.15) is 16.4 Å². The van der Waals surface area contributed by atoms with Crippen LogP contribution >= 0.6 is 23.6 Å². The van der Waals surface area contributed by atoms with Crippen LogP contribution in [0.4, 0.5) is 0 Å². The van der Waals surface area contributed by atoms with Gasteiger partial charge in [-0.3, -0.25) is 9.25 Å². The number of hydrogen-bond acceptors (Lipinski definition) is 3. The lowest BCUT2D eigenvalue weighted by atomic mass is 10.2. The zero-order valence-corrected chi connectivity index (χ0v) is 12.9. The summed E-state index contributed by atoms with van der Waals surface area (Å²) in [7, 11) is 1.97. The van der Waals surface area contributed by atoms with Crippen LogP contribution < -0.4 is 0 Å². The second-order valence-electron chi connectivity index (χ2n) is 4.72. The predicted molar refractivity (Wildman–Crippen MR) is 81.4 cm³/mol. The van der Waals surface area contributed by atoms with Gasteiger partial charge in [0.1, 0.15) is 5.52 Å². The number of fused-ring (bicyclic) bond motifs is 1. The number of aromatic amines is 1. The Labute approximate surface area is 120 Å². The molecule has 0 amide bonds. The first-order valence-electron chi connectivity index (χ1n) is 6.27. The number of hydrogen-bond donors (Lipinski definition) is 1. The zero-order valence-electron chi connectivity index (χ0n) is 11.2. The molecule has 0 aliphatic heterocycles. The van der Waals surface area contributed by atoms with Gasteiger partial charge >= 0.3 is 0 Å². The van der Waals surface area contributed by atoms with Crippen molar-refractivity contribution in [1.29, 1.82) is 0 Å². The van der Waals surface area contributed by atoms with E-state index in [9.17, 15) is 0 Å². The molecule has 19 heavy (non-hydrogen) atoms. The third-order valence-corrected chi connectivity index (χ3v) is 4.68. The van der Waals surface area contributed by atoms with Crippen LogP contribution in [0.3, 0.4) is 0 Å². The van der Waals surface area contributed by atoms with E-state index in [0.717, 1.165) is 34.6 Å². The summed E-state index contributed by atoms with van der Waals surface area (Å²) in [4.78, 5) is 3.30. The fraction of sp³-hybridized carbons (Fsp3) is 0.385. The van der Waals surface area contributed by atoms with Crippen LogP contribution in [-0.4, -0.2) is 19.3 Å². The van der Waals surface area contributed by atoms with Crippen LogP contribution in [0.5, 0.6) is 0 Å². The summed E-state index contributed by atoms with van der Waals surface area (Å²) >= 11 is 7.19. The van der Waals surface area contributed by atoms with E-state index in [1.54, 1.807) is 11.3 Å². The van der Waals surface area contributed by atoms with Gasteiger partial charge in [0.15, 0.2) is 10.4 Å². The second kappa shape index (κ2) is 4.61. The number of H-pyrrole nitrogens is 1. The topological polar surface area (TPSA) is 38.5 Å². The molecule has 0 saturated heterocycles. The van der Waals surface area contributed by atoms with Crippen molar-refractivity contribution in [2.24, 2.45) is 7.05 Å². The zero-order chi connectivity index (χ0) is 13.6. The minimum absolute atomic E-state index is 0.767. The molecule has 0 fully saturated rings. The predicted octanol–water partition coefficient (Wildman–Crippen LogP) is 3.41. The summed E-state index contributed by atoms with van der Waals surface area (Å²) in [5.74, 6) is 0. The fourth-order valence-corrected chi connectivity index (χ4v) is 3.49. The van der Waals surface area contributed by atoms with Gasteiger partial charge in [0, 0.05) is 7.05 Å². The van der Waals surface area contributed by atoms with Crippen molar-refractivity contribution in [3.8, 4) is 0 Å². The number of aryl methyl sites for hydroxylation is 3. The molecule has 0 saturated carbocycles. The Morgan fingerprint density at radius 1 is 1.42 bits per heavy atom. The van der Waals surface area contributed by atoms with E-state index in [0.29, 0.717) is 0 Å². The van der Waals surface area contributed by atoms with Crippen LogP contribution in [0.2, 0.25) is 0 Å². The molecule has 3 aromatic heterocycles. The first-order valence-corrected chi connectivity index (χ1v) is 7.63. The van der Waals surface area contributed by atoms with Crippen molar-refractivity contribution in [3.63, 3.8) is 0 Å². The van der Waals surface area contributed by atoms with Crippen molar-refractivity contribution in [3.05, 3.63) is 32.4 Å². The number of thiophene rings is 1. The summed E-state index contributed by atoms with van der Waals surface area (Å²) in [6.07, 6.45) is 0.907. The molecule has 0 atom stereocenters. The van der Waals surface area contributed by atoms with E-state index in [-0.39, 0.29) is 0 Å². The molecule has 0 bridgehead atoms. The first-order chi connectivity index (χ1) is 9.11. The molecule has 0 aliphatic carbocycles. The summed E-state index contributed by atoms with van der Waals surface area (Å²) < 4.78 is 4.82. The summed E-state index contributed by atoms with van der Waals surface area (Å²) in [6, 6.07) is 0. The van der Waals surface area contributed by atoms with Gasteiger partial charge in [-0.15, -0.1) is 0 Å². The Hall–Kier alpha value is -1.40. The van der Waals surface area contributed by atoms with Crippen molar-refractivity contribution >= 4 is 34.7 Å². The lowest BCUT2D eigenvalue weighted by Gasteiger charge is -2.04. The summed E-state index contributed by atoms with van der Waals surface area (Å²) in [5.41, 5.74) is 5.86. The molecule has 0 aromatic carbocycles. The van der Waals surface area contributed by atoms with Gasteiger partial charge in [-0.25, -0.2) is 0 Å². The van der Waals surface area contributed by atoms with Gasteiger partial charge in [-0.1, -0.05) is 6.92 Å². The molecule has 1 N–H and O–H groups in total. The largest absolute Gasteiger partial charge is 0.328 e. The third kappa shape index (κ3) is 1.95. The van der Waals surface area contributed by atoms with Crippen molar-refractivity contribution in [2.75, 3.05) is 0 Å². The Morgan fingerprint density at radius 2 is 2.21 bits per heavy atom. The van der Waals surface area contributed by atoms with E-state index >= 15 is 0 Å². The number of imidazole rings is 1. The minimum atomic E-state index is 0.767. The van der Waals surface area contributed by atoms with E-state index in [2.05, 4.69) is 39.3 Å². The lowest BCUT2D eigenvalue weighted by molar-refractivity contribution is 0.709. The molecule has 3 heterocycles. The van der Waals surface area contributed by atoms with Crippen molar-refractivity contribution in [1.82, 2.24) is 19.3 Å². The van der Waals surface area contributed by atoms with Crippen LogP contribution in [0, 0.1) is 11.7 Å². The SMILES string of the molecule is CCc1nn(C)c2c1[nH]c(=S)n2Cc1cscc1C.